The number of amides is 1. The van der Waals surface area contributed by atoms with Gasteiger partial charge in [-0.3, -0.25) is 9.78 Å². The van der Waals surface area contributed by atoms with Gasteiger partial charge in [-0.1, -0.05) is 12.6 Å². The van der Waals surface area contributed by atoms with E-state index in [-0.39, 0.29) is 11.9 Å². The van der Waals surface area contributed by atoms with Crippen LogP contribution in [0.15, 0.2) is 55.6 Å². The van der Waals surface area contributed by atoms with E-state index in [0.717, 1.165) is 47.2 Å². The van der Waals surface area contributed by atoms with E-state index in [9.17, 15) is 4.79 Å². The average Bonchev–Trinajstić information content (AvgIpc) is 3.16. The van der Waals surface area contributed by atoms with Crippen LogP contribution in [0.4, 0.5) is 5.69 Å². The van der Waals surface area contributed by atoms with Gasteiger partial charge in [-0.25, -0.2) is 4.98 Å². The monoisotopic (exact) mass is 361 g/mol. The van der Waals surface area contributed by atoms with E-state index in [1.807, 2.05) is 35.6 Å². The summed E-state index contributed by atoms with van der Waals surface area (Å²) in [5.41, 5.74) is 4.06. The van der Waals surface area contributed by atoms with Gasteiger partial charge >= 0.3 is 0 Å². The number of nitrogens with one attached hydrogen (secondary N) is 1. The van der Waals surface area contributed by atoms with Gasteiger partial charge in [-0.05, 0) is 31.1 Å². The number of likely N-dealkylation sites (N-methyl/N-ethyl adjacent to an activating group) is 1. The molecule has 3 aromatic rings. The third kappa shape index (κ3) is 3.30. The van der Waals surface area contributed by atoms with Crippen LogP contribution >= 0.6 is 0 Å². The number of likely N-dealkylation sites (tertiary alicyclic amines) is 1. The first-order chi connectivity index (χ1) is 13.2. The van der Waals surface area contributed by atoms with Crippen molar-refractivity contribution in [2.45, 2.75) is 18.9 Å². The minimum absolute atomic E-state index is 0.00572. The standard InChI is InChI=1S/C21H23N5O/c1-3-20(27)26-9-5-7-16(14-26)25(2)17-10-18-19(13-24-21(18)23-12-17)15-6-4-8-22-11-15/h3-4,6,8,10-13,16H,1,5,7,9,14H2,2H3,(H,23,24). The van der Waals surface area contributed by atoms with E-state index in [4.69, 9.17) is 0 Å². The normalized spacial score (nSPS) is 17.1. The molecule has 3 aromatic heterocycles. The number of fused-ring (bicyclic) bond motifs is 1. The third-order valence-electron chi connectivity index (χ3n) is 5.33. The first kappa shape index (κ1) is 17.3. The number of hydrogen-bond acceptors (Lipinski definition) is 4. The number of aromatic nitrogens is 3. The molecule has 0 aliphatic carbocycles. The Morgan fingerprint density at radius 2 is 2.33 bits per heavy atom. The van der Waals surface area contributed by atoms with E-state index in [1.54, 1.807) is 6.20 Å². The van der Waals surface area contributed by atoms with Crippen molar-refractivity contribution in [3.8, 4) is 11.1 Å². The Labute approximate surface area is 158 Å². The van der Waals surface area contributed by atoms with Gasteiger partial charge in [0.2, 0.25) is 5.91 Å². The van der Waals surface area contributed by atoms with Crippen molar-refractivity contribution in [3.05, 3.63) is 55.6 Å². The maximum Gasteiger partial charge on any atom is 0.246 e. The number of aromatic amines is 1. The largest absolute Gasteiger partial charge is 0.369 e. The van der Waals surface area contributed by atoms with Crippen LogP contribution in [-0.4, -0.2) is 51.9 Å². The van der Waals surface area contributed by atoms with Crippen LogP contribution in [-0.2, 0) is 4.79 Å². The second kappa shape index (κ2) is 7.23. The van der Waals surface area contributed by atoms with Crippen molar-refractivity contribution >= 4 is 22.6 Å². The number of rotatable bonds is 4. The topological polar surface area (TPSA) is 65.1 Å². The molecule has 4 rings (SSSR count). The van der Waals surface area contributed by atoms with Gasteiger partial charge in [0.05, 0.1) is 11.9 Å². The Balaban J connectivity index is 1.63. The number of H-pyrrole nitrogens is 1. The zero-order valence-corrected chi connectivity index (χ0v) is 15.4. The van der Waals surface area contributed by atoms with E-state index in [1.165, 1.54) is 6.08 Å². The predicted molar refractivity (Wildman–Crippen MR) is 108 cm³/mol. The van der Waals surface area contributed by atoms with Crippen molar-refractivity contribution in [3.63, 3.8) is 0 Å². The van der Waals surface area contributed by atoms with Crippen LogP contribution in [0.2, 0.25) is 0 Å². The molecule has 4 heterocycles. The smallest absolute Gasteiger partial charge is 0.246 e. The molecule has 6 nitrogen and oxygen atoms in total. The molecule has 1 unspecified atom stereocenters. The van der Waals surface area contributed by atoms with Crippen LogP contribution in [0.3, 0.4) is 0 Å². The lowest BCUT2D eigenvalue weighted by atomic mass is 10.0. The Morgan fingerprint density at radius 3 is 3.11 bits per heavy atom. The van der Waals surface area contributed by atoms with Gasteiger partial charge in [0, 0.05) is 61.3 Å². The Hall–Kier alpha value is -3.15. The highest BCUT2D eigenvalue weighted by Gasteiger charge is 2.25. The third-order valence-corrected chi connectivity index (χ3v) is 5.33. The molecule has 6 heteroatoms. The Bertz CT molecular complexity index is 965. The number of anilines is 1. The highest BCUT2D eigenvalue weighted by Crippen LogP contribution is 2.31. The summed E-state index contributed by atoms with van der Waals surface area (Å²) in [6.45, 7) is 5.12. The highest BCUT2D eigenvalue weighted by molar-refractivity contribution is 5.95. The molecule has 27 heavy (non-hydrogen) atoms. The fourth-order valence-corrected chi connectivity index (χ4v) is 3.76. The lowest BCUT2D eigenvalue weighted by molar-refractivity contribution is -0.127. The summed E-state index contributed by atoms with van der Waals surface area (Å²) in [6, 6.07) is 6.41. The summed E-state index contributed by atoms with van der Waals surface area (Å²) in [4.78, 5) is 28.1. The molecule has 0 bridgehead atoms. The average molecular weight is 361 g/mol. The number of pyridine rings is 2. The number of carbonyl (C=O) groups excluding carboxylic acids is 1. The quantitative estimate of drug-likeness (QED) is 0.725. The molecule has 138 valence electrons. The number of piperidine rings is 1. The van der Waals surface area contributed by atoms with Crippen molar-refractivity contribution in [1.82, 2.24) is 19.9 Å². The van der Waals surface area contributed by atoms with E-state index in [0.29, 0.717) is 6.54 Å². The van der Waals surface area contributed by atoms with Gasteiger partial charge in [0.15, 0.2) is 0 Å². The van der Waals surface area contributed by atoms with E-state index in [2.05, 4.69) is 39.5 Å². The summed E-state index contributed by atoms with van der Waals surface area (Å²) < 4.78 is 0. The maximum absolute atomic E-state index is 12.0. The summed E-state index contributed by atoms with van der Waals surface area (Å²) in [7, 11) is 2.08. The van der Waals surface area contributed by atoms with Crippen molar-refractivity contribution in [1.29, 1.82) is 0 Å². The molecule has 1 amide bonds. The second-order valence-corrected chi connectivity index (χ2v) is 6.93. The van der Waals surface area contributed by atoms with E-state index >= 15 is 0 Å². The minimum Gasteiger partial charge on any atom is -0.369 e. The van der Waals surface area contributed by atoms with Crippen LogP contribution in [0, 0.1) is 0 Å². The van der Waals surface area contributed by atoms with Gasteiger partial charge in [-0.2, -0.15) is 0 Å². The number of nitrogens with zero attached hydrogens (tertiary/aromatic N) is 4. The molecule has 1 N–H and O–H groups in total. The highest BCUT2D eigenvalue weighted by atomic mass is 16.2. The van der Waals surface area contributed by atoms with Gasteiger partial charge in [0.25, 0.3) is 0 Å². The summed E-state index contributed by atoms with van der Waals surface area (Å²) in [6.07, 6.45) is 10.9. The molecule has 0 spiro atoms. The van der Waals surface area contributed by atoms with Crippen LogP contribution in [0.5, 0.6) is 0 Å². The second-order valence-electron chi connectivity index (χ2n) is 6.93. The molecule has 1 aliphatic heterocycles. The molecular weight excluding hydrogens is 338 g/mol. The molecule has 0 aromatic carbocycles. The van der Waals surface area contributed by atoms with Crippen molar-refractivity contribution < 1.29 is 4.79 Å². The molecule has 0 radical (unpaired) electrons. The summed E-state index contributed by atoms with van der Waals surface area (Å²) in [5, 5.41) is 1.07. The zero-order valence-electron chi connectivity index (χ0n) is 15.4. The zero-order chi connectivity index (χ0) is 18.8. The van der Waals surface area contributed by atoms with E-state index < -0.39 is 0 Å². The van der Waals surface area contributed by atoms with Crippen LogP contribution in [0.1, 0.15) is 12.8 Å². The Kier molecular flexibility index (Phi) is 4.62. The first-order valence-corrected chi connectivity index (χ1v) is 9.19. The molecule has 1 fully saturated rings. The molecule has 1 atom stereocenters. The number of carbonyl (C=O) groups is 1. The molecule has 1 saturated heterocycles. The SMILES string of the molecule is C=CC(=O)N1CCCC(N(C)c2cnc3[nH]cc(-c4cccnc4)c3c2)C1. The van der Waals surface area contributed by atoms with Gasteiger partial charge < -0.3 is 14.8 Å². The van der Waals surface area contributed by atoms with Crippen LogP contribution < -0.4 is 4.90 Å². The minimum atomic E-state index is 0.00572. The van der Waals surface area contributed by atoms with Gasteiger partial charge in [0.1, 0.15) is 5.65 Å². The van der Waals surface area contributed by atoms with Crippen molar-refractivity contribution in [2.75, 3.05) is 25.0 Å². The van der Waals surface area contributed by atoms with Crippen molar-refractivity contribution in [2.24, 2.45) is 0 Å². The summed E-state index contributed by atoms with van der Waals surface area (Å²) >= 11 is 0. The lowest BCUT2D eigenvalue weighted by Gasteiger charge is -2.38. The predicted octanol–water partition coefficient (Wildman–Crippen LogP) is 3.24. The Morgan fingerprint density at radius 1 is 1.44 bits per heavy atom. The molecule has 0 saturated carbocycles. The fraction of sp³-hybridized carbons (Fsp3) is 0.286. The maximum atomic E-state index is 12.0. The number of hydrogen-bond donors (Lipinski definition) is 1. The molecule has 1 aliphatic rings. The summed E-state index contributed by atoms with van der Waals surface area (Å²) in [5.74, 6) is 0.00572. The van der Waals surface area contributed by atoms with Crippen LogP contribution in [0.25, 0.3) is 22.2 Å². The first-order valence-electron chi connectivity index (χ1n) is 9.19. The lowest BCUT2D eigenvalue weighted by Crippen LogP contribution is -2.48. The molecular formula is C21H23N5O. The fourth-order valence-electron chi connectivity index (χ4n) is 3.76. The van der Waals surface area contributed by atoms with Gasteiger partial charge in [-0.15, -0.1) is 0 Å².